The Hall–Kier alpha value is -5.33. The predicted molar refractivity (Wildman–Crippen MR) is 133 cm³/mol. The number of methoxy groups -OCH3 is 1. The second-order valence-corrected chi connectivity index (χ2v) is 7.60. The Morgan fingerprint density at radius 2 is 1.57 bits per heavy atom. The highest BCUT2D eigenvalue weighted by Gasteiger charge is 2.22. The molecule has 3 rings (SSSR count). The molecule has 37 heavy (non-hydrogen) atoms. The Labute approximate surface area is 210 Å². The molecule has 0 saturated carbocycles. The van der Waals surface area contributed by atoms with Crippen molar-refractivity contribution >= 4 is 35.1 Å². The number of hydrazone groups is 1. The summed E-state index contributed by atoms with van der Waals surface area (Å²) in [4.78, 5) is 45.0. The lowest BCUT2D eigenvalue weighted by atomic mass is 10.1. The SMILES string of the molecule is COc1cc(C=NNC(=O)C(=O)Nc2c(C)cccc2C)ccc1Oc1ccc([N+](=O)[O-])cc1[N+](=O)[O-]. The van der Waals surface area contributed by atoms with Gasteiger partial charge in [0.15, 0.2) is 11.5 Å². The van der Waals surface area contributed by atoms with Gasteiger partial charge in [-0.2, -0.15) is 5.10 Å². The molecule has 3 aromatic carbocycles. The summed E-state index contributed by atoms with van der Waals surface area (Å²) >= 11 is 0. The maximum atomic E-state index is 12.2. The van der Waals surface area contributed by atoms with Gasteiger partial charge >= 0.3 is 17.5 Å². The summed E-state index contributed by atoms with van der Waals surface area (Å²) in [7, 11) is 1.34. The second kappa shape index (κ2) is 11.4. The summed E-state index contributed by atoms with van der Waals surface area (Å²) in [6.45, 7) is 3.61. The molecule has 0 aliphatic rings. The average Bonchev–Trinajstić information content (AvgIpc) is 2.86. The van der Waals surface area contributed by atoms with E-state index in [0.717, 1.165) is 29.3 Å². The van der Waals surface area contributed by atoms with E-state index in [-0.39, 0.29) is 17.2 Å². The van der Waals surface area contributed by atoms with Crippen LogP contribution in [0.15, 0.2) is 59.7 Å². The third kappa shape index (κ3) is 6.42. The van der Waals surface area contributed by atoms with Crippen LogP contribution in [0.1, 0.15) is 16.7 Å². The minimum absolute atomic E-state index is 0.0913. The number of nitrogens with zero attached hydrogens (tertiary/aromatic N) is 3. The number of nitrogens with one attached hydrogen (secondary N) is 2. The van der Waals surface area contributed by atoms with E-state index >= 15 is 0 Å². The van der Waals surface area contributed by atoms with Gasteiger partial charge in [0.2, 0.25) is 5.75 Å². The monoisotopic (exact) mass is 507 g/mol. The third-order valence-electron chi connectivity index (χ3n) is 5.06. The smallest absolute Gasteiger partial charge is 0.329 e. The average molecular weight is 507 g/mol. The van der Waals surface area contributed by atoms with Gasteiger partial charge in [-0.1, -0.05) is 18.2 Å². The first-order valence-electron chi connectivity index (χ1n) is 10.6. The summed E-state index contributed by atoms with van der Waals surface area (Å²) < 4.78 is 10.8. The molecular weight excluding hydrogens is 486 g/mol. The normalized spacial score (nSPS) is 10.6. The Bertz CT molecular complexity index is 1400. The number of nitro benzene ring substituents is 2. The largest absolute Gasteiger partial charge is 0.493 e. The van der Waals surface area contributed by atoms with Crippen LogP contribution in [-0.2, 0) is 9.59 Å². The molecular formula is C24H21N5O8. The molecule has 0 atom stereocenters. The fraction of sp³-hybridized carbons (Fsp3) is 0.125. The molecule has 3 aromatic rings. The van der Waals surface area contributed by atoms with Gasteiger partial charge in [0.1, 0.15) is 0 Å². The number of amides is 2. The van der Waals surface area contributed by atoms with Gasteiger partial charge in [-0.05, 0) is 54.8 Å². The molecule has 2 N–H and O–H groups in total. The maximum absolute atomic E-state index is 12.2. The van der Waals surface area contributed by atoms with Gasteiger partial charge < -0.3 is 14.8 Å². The molecule has 0 radical (unpaired) electrons. The molecule has 0 spiro atoms. The number of ether oxygens (including phenoxy) is 2. The fourth-order valence-corrected chi connectivity index (χ4v) is 3.21. The number of rotatable bonds is 8. The van der Waals surface area contributed by atoms with Gasteiger partial charge in [0.25, 0.3) is 5.69 Å². The van der Waals surface area contributed by atoms with Gasteiger partial charge in [-0.15, -0.1) is 0 Å². The van der Waals surface area contributed by atoms with E-state index < -0.39 is 33.0 Å². The third-order valence-corrected chi connectivity index (χ3v) is 5.06. The number of nitro groups is 2. The van der Waals surface area contributed by atoms with Crippen LogP contribution in [0.3, 0.4) is 0 Å². The van der Waals surface area contributed by atoms with Crippen LogP contribution in [0.5, 0.6) is 17.2 Å². The maximum Gasteiger partial charge on any atom is 0.329 e. The van der Waals surface area contributed by atoms with Crippen LogP contribution in [0.2, 0.25) is 0 Å². The van der Waals surface area contributed by atoms with Crippen LogP contribution < -0.4 is 20.2 Å². The lowest BCUT2D eigenvalue weighted by Gasteiger charge is -2.11. The van der Waals surface area contributed by atoms with Crippen molar-refractivity contribution < 1.29 is 28.9 Å². The molecule has 0 fully saturated rings. The number of benzene rings is 3. The zero-order valence-corrected chi connectivity index (χ0v) is 19.9. The van der Waals surface area contributed by atoms with Gasteiger partial charge in [0.05, 0.1) is 29.2 Å². The molecule has 13 nitrogen and oxygen atoms in total. The fourth-order valence-electron chi connectivity index (χ4n) is 3.21. The van der Waals surface area contributed by atoms with Gasteiger partial charge in [0, 0.05) is 11.8 Å². The first-order chi connectivity index (χ1) is 17.6. The molecule has 0 bridgehead atoms. The Balaban J connectivity index is 1.71. The minimum Gasteiger partial charge on any atom is -0.493 e. The van der Waals surface area contributed by atoms with Crippen LogP contribution in [0.25, 0.3) is 0 Å². The summed E-state index contributed by atoms with van der Waals surface area (Å²) in [6.07, 6.45) is 1.25. The predicted octanol–water partition coefficient (Wildman–Crippen LogP) is 4.01. The van der Waals surface area contributed by atoms with Crippen LogP contribution in [0, 0.1) is 34.1 Å². The van der Waals surface area contributed by atoms with Crippen molar-refractivity contribution in [3.8, 4) is 17.2 Å². The molecule has 0 aliphatic carbocycles. The highest BCUT2D eigenvalue weighted by atomic mass is 16.6. The number of para-hydroxylation sites is 1. The van der Waals surface area contributed by atoms with Crippen LogP contribution >= 0.6 is 0 Å². The summed E-state index contributed by atoms with van der Waals surface area (Å²) in [5.41, 5.74) is 3.67. The van der Waals surface area contributed by atoms with E-state index in [2.05, 4.69) is 15.8 Å². The lowest BCUT2D eigenvalue weighted by Crippen LogP contribution is -2.32. The number of aryl methyl sites for hydroxylation is 2. The topological polar surface area (TPSA) is 175 Å². The number of non-ortho nitro benzene ring substituents is 1. The summed E-state index contributed by atoms with van der Waals surface area (Å²) in [6, 6.07) is 12.9. The number of hydrogen-bond acceptors (Lipinski definition) is 9. The van der Waals surface area contributed by atoms with E-state index in [1.165, 1.54) is 31.5 Å². The quantitative estimate of drug-likeness (QED) is 0.199. The van der Waals surface area contributed by atoms with E-state index in [9.17, 15) is 29.8 Å². The van der Waals surface area contributed by atoms with Crippen molar-refractivity contribution in [2.24, 2.45) is 5.10 Å². The Morgan fingerprint density at radius 3 is 2.19 bits per heavy atom. The van der Waals surface area contributed by atoms with E-state index in [0.29, 0.717) is 11.3 Å². The Kier molecular flexibility index (Phi) is 8.09. The number of anilines is 1. The number of carbonyl (C=O) groups excluding carboxylic acids is 2. The first-order valence-corrected chi connectivity index (χ1v) is 10.6. The van der Waals surface area contributed by atoms with Crippen LogP contribution in [0.4, 0.5) is 17.1 Å². The highest BCUT2D eigenvalue weighted by Crippen LogP contribution is 2.38. The molecule has 13 heteroatoms. The molecule has 190 valence electrons. The molecule has 0 aromatic heterocycles. The zero-order chi connectivity index (χ0) is 27.1. The van der Waals surface area contributed by atoms with Crippen molar-refractivity contribution in [1.82, 2.24) is 5.43 Å². The molecule has 0 heterocycles. The van der Waals surface area contributed by atoms with Gasteiger partial charge in [-0.25, -0.2) is 5.43 Å². The summed E-state index contributed by atoms with van der Waals surface area (Å²) in [5.74, 6) is -1.83. The van der Waals surface area contributed by atoms with Gasteiger partial charge in [-0.3, -0.25) is 29.8 Å². The summed E-state index contributed by atoms with van der Waals surface area (Å²) in [5, 5.41) is 28.6. The van der Waals surface area contributed by atoms with Crippen molar-refractivity contribution in [3.63, 3.8) is 0 Å². The molecule has 2 amide bonds. The lowest BCUT2D eigenvalue weighted by molar-refractivity contribution is -0.394. The van der Waals surface area contributed by atoms with Crippen molar-refractivity contribution in [1.29, 1.82) is 0 Å². The standard InChI is InChI=1S/C24H21N5O8/c1-14-5-4-6-15(2)22(14)26-23(30)24(31)27-25-13-16-7-9-20(21(11-16)36-3)37-19-10-8-17(28(32)33)12-18(19)29(34)35/h4-13H,1-3H3,(H,26,30)(H,27,31). The second-order valence-electron chi connectivity index (χ2n) is 7.60. The number of carbonyl (C=O) groups is 2. The highest BCUT2D eigenvalue weighted by molar-refractivity contribution is 6.39. The zero-order valence-electron chi connectivity index (χ0n) is 19.9. The van der Waals surface area contributed by atoms with Crippen LogP contribution in [-0.4, -0.2) is 35.0 Å². The molecule has 0 aliphatic heterocycles. The van der Waals surface area contributed by atoms with Crippen molar-refractivity contribution in [2.45, 2.75) is 13.8 Å². The molecule has 0 unspecified atom stereocenters. The van der Waals surface area contributed by atoms with E-state index in [4.69, 9.17) is 9.47 Å². The van der Waals surface area contributed by atoms with Crippen molar-refractivity contribution in [2.75, 3.05) is 12.4 Å². The molecule has 0 saturated heterocycles. The number of hydrogen-bond donors (Lipinski definition) is 2. The van der Waals surface area contributed by atoms with Crippen molar-refractivity contribution in [3.05, 3.63) is 91.5 Å². The van der Waals surface area contributed by atoms with E-state index in [1.54, 1.807) is 26.0 Å². The van der Waals surface area contributed by atoms with E-state index in [1.807, 2.05) is 6.07 Å². The Morgan fingerprint density at radius 1 is 0.892 bits per heavy atom. The first kappa shape index (κ1) is 26.3. The minimum atomic E-state index is -0.976.